The lowest BCUT2D eigenvalue weighted by Gasteiger charge is -2.36. The van der Waals surface area contributed by atoms with E-state index in [1.807, 2.05) is 28.4 Å². The summed E-state index contributed by atoms with van der Waals surface area (Å²) in [7, 11) is 0. The number of carbonyl (C=O) groups excluding carboxylic acids is 1. The smallest absolute Gasteiger partial charge is 0.254 e. The molecule has 2 aliphatic rings. The van der Waals surface area contributed by atoms with Crippen molar-refractivity contribution in [1.82, 2.24) is 19.8 Å². The van der Waals surface area contributed by atoms with Gasteiger partial charge in [-0.2, -0.15) is 0 Å². The number of nitrogens with zero attached hydrogens (tertiary/aromatic N) is 5. The van der Waals surface area contributed by atoms with E-state index in [1.165, 1.54) is 15.8 Å². The van der Waals surface area contributed by atoms with Crippen LogP contribution in [-0.2, 0) is 19.4 Å². The third kappa shape index (κ3) is 4.46. The minimum atomic E-state index is 0.0456. The molecule has 2 aliphatic heterocycles. The minimum absolute atomic E-state index is 0.0456. The van der Waals surface area contributed by atoms with Gasteiger partial charge in [0.15, 0.2) is 0 Å². The number of aromatic nitrogens is 2. The molecule has 5 rings (SSSR count). The highest BCUT2D eigenvalue weighted by atomic mass is 35.5. The number of rotatable bonds is 5. The largest absolute Gasteiger partial charge is 0.352 e. The molecule has 0 unspecified atom stereocenters. The van der Waals surface area contributed by atoms with Crippen LogP contribution in [0.15, 0.2) is 24.3 Å². The minimum Gasteiger partial charge on any atom is -0.352 e. The molecule has 33 heavy (non-hydrogen) atoms. The fraction of sp³-hybridized carbons (Fsp3) is 0.480. The number of thiophene rings is 1. The van der Waals surface area contributed by atoms with Gasteiger partial charge in [-0.15, -0.1) is 11.3 Å². The molecule has 0 radical (unpaired) electrons. The second-order valence-electron chi connectivity index (χ2n) is 8.81. The summed E-state index contributed by atoms with van der Waals surface area (Å²) in [6.07, 6.45) is 2.97. The first-order valence-electron chi connectivity index (χ1n) is 11.9. The molecule has 0 saturated carbocycles. The molecule has 4 heterocycles. The number of hydrogen-bond acceptors (Lipinski definition) is 6. The first kappa shape index (κ1) is 22.6. The number of aryl methyl sites for hydroxylation is 1. The highest BCUT2D eigenvalue weighted by Crippen LogP contribution is 2.39. The van der Waals surface area contributed by atoms with Crippen molar-refractivity contribution < 1.29 is 4.79 Å². The van der Waals surface area contributed by atoms with Crippen LogP contribution in [0.1, 0.15) is 46.9 Å². The summed E-state index contributed by atoms with van der Waals surface area (Å²) in [5.41, 5.74) is 2.09. The van der Waals surface area contributed by atoms with Crippen molar-refractivity contribution in [3.8, 4) is 0 Å². The van der Waals surface area contributed by atoms with Crippen LogP contribution in [-0.4, -0.2) is 64.9 Å². The van der Waals surface area contributed by atoms with Gasteiger partial charge in [-0.1, -0.05) is 31.5 Å². The zero-order valence-electron chi connectivity index (χ0n) is 19.3. The van der Waals surface area contributed by atoms with Crippen LogP contribution < -0.4 is 4.90 Å². The Balaban J connectivity index is 1.42. The molecule has 1 aromatic carbocycles. The molecule has 0 aliphatic carbocycles. The molecule has 2 aromatic heterocycles. The van der Waals surface area contributed by atoms with Gasteiger partial charge in [0.1, 0.15) is 16.5 Å². The molecule has 3 aromatic rings. The van der Waals surface area contributed by atoms with Gasteiger partial charge in [-0.3, -0.25) is 9.69 Å². The first-order chi connectivity index (χ1) is 16.1. The Kier molecular flexibility index (Phi) is 6.54. The lowest BCUT2D eigenvalue weighted by molar-refractivity contribution is 0.0746. The van der Waals surface area contributed by atoms with Gasteiger partial charge < -0.3 is 9.80 Å². The standard InChI is InChI=1S/C25H30ClN5OS/c1-3-6-21-27-23(22-19-9-10-29(4-2)16-20(19)33-24(22)28-21)30-11-13-31(14-12-30)25(32)17-7-5-8-18(26)15-17/h5,7-8,15H,3-4,6,9-14,16H2,1-2H3. The zero-order chi connectivity index (χ0) is 22.9. The summed E-state index contributed by atoms with van der Waals surface area (Å²) in [4.78, 5) is 32.3. The van der Waals surface area contributed by atoms with Crippen molar-refractivity contribution in [3.05, 3.63) is 51.1 Å². The number of likely N-dealkylation sites (N-methyl/N-ethyl adjacent to an activating group) is 1. The second kappa shape index (κ2) is 9.57. The Morgan fingerprint density at radius 2 is 1.94 bits per heavy atom. The quantitative estimate of drug-likeness (QED) is 0.529. The molecular weight excluding hydrogens is 454 g/mol. The van der Waals surface area contributed by atoms with E-state index in [4.69, 9.17) is 21.6 Å². The predicted molar refractivity (Wildman–Crippen MR) is 136 cm³/mol. The highest BCUT2D eigenvalue weighted by molar-refractivity contribution is 7.19. The maximum absolute atomic E-state index is 13.0. The zero-order valence-corrected chi connectivity index (χ0v) is 20.9. The third-order valence-electron chi connectivity index (χ3n) is 6.67. The molecular formula is C25H30ClN5OS. The van der Waals surface area contributed by atoms with Crippen LogP contribution in [0, 0.1) is 0 Å². The molecule has 1 fully saturated rings. The van der Waals surface area contributed by atoms with E-state index in [0.29, 0.717) is 23.7 Å². The average molecular weight is 484 g/mol. The third-order valence-corrected chi connectivity index (χ3v) is 8.01. The van der Waals surface area contributed by atoms with E-state index in [0.717, 1.165) is 68.5 Å². The van der Waals surface area contributed by atoms with Crippen molar-refractivity contribution >= 4 is 44.9 Å². The fourth-order valence-electron chi connectivity index (χ4n) is 4.83. The maximum Gasteiger partial charge on any atom is 0.254 e. The fourth-order valence-corrected chi connectivity index (χ4v) is 6.30. The maximum atomic E-state index is 13.0. The molecule has 0 bridgehead atoms. The molecule has 1 amide bonds. The van der Waals surface area contributed by atoms with Gasteiger partial charge in [0, 0.05) is 61.2 Å². The van der Waals surface area contributed by atoms with Crippen LogP contribution in [0.5, 0.6) is 0 Å². The van der Waals surface area contributed by atoms with E-state index in [1.54, 1.807) is 12.1 Å². The van der Waals surface area contributed by atoms with E-state index >= 15 is 0 Å². The van der Waals surface area contributed by atoms with Gasteiger partial charge >= 0.3 is 0 Å². The van der Waals surface area contributed by atoms with Crippen molar-refractivity contribution in [3.63, 3.8) is 0 Å². The van der Waals surface area contributed by atoms with Gasteiger partial charge in [-0.25, -0.2) is 9.97 Å². The number of amides is 1. The normalized spacial score (nSPS) is 16.9. The Morgan fingerprint density at radius 1 is 1.12 bits per heavy atom. The first-order valence-corrected chi connectivity index (χ1v) is 13.1. The van der Waals surface area contributed by atoms with E-state index in [-0.39, 0.29) is 5.91 Å². The number of benzene rings is 1. The summed E-state index contributed by atoms with van der Waals surface area (Å²) in [6.45, 7) is 10.5. The molecule has 1 saturated heterocycles. The lowest BCUT2D eigenvalue weighted by atomic mass is 10.0. The van der Waals surface area contributed by atoms with E-state index < -0.39 is 0 Å². The molecule has 0 atom stereocenters. The Labute approximate surface area is 204 Å². The van der Waals surface area contributed by atoms with Gasteiger partial charge in [0.2, 0.25) is 0 Å². The molecule has 0 N–H and O–H groups in total. The van der Waals surface area contributed by atoms with Gasteiger partial charge in [0.05, 0.1) is 5.39 Å². The van der Waals surface area contributed by atoms with Crippen LogP contribution in [0.2, 0.25) is 5.02 Å². The summed E-state index contributed by atoms with van der Waals surface area (Å²) >= 11 is 7.94. The van der Waals surface area contributed by atoms with Crippen LogP contribution in [0.3, 0.4) is 0 Å². The summed E-state index contributed by atoms with van der Waals surface area (Å²) in [6, 6.07) is 7.21. The van der Waals surface area contributed by atoms with E-state index in [9.17, 15) is 4.79 Å². The van der Waals surface area contributed by atoms with Crippen molar-refractivity contribution in [2.75, 3.05) is 44.2 Å². The van der Waals surface area contributed by atoms with Crippen molar-refractivity contribution in [1.29, 1.82) is 0 Å². The number of halogens is 1. The summed E-state index contributed by atoms with van der Waals surface area (Å²) in [5, 5.41) is 1.84. The number of fused-ring (bicyclic) bond motifs is 3. The predicted octanol–water partition coefficient (Wildman–Crippen LogP) is 4.64. The molecule has 174 valence electrons. The van der Waals surface area contributed by atoms with Gasteiger partial charge in [0.25, 0.3) is 5.91 Å². The van der Waals surface area contributed by atoms with Gasteiger partial charge in [-0.05, 0) is 43.1 Å². The summed E-state index contributed by atoms with van der Waals surface area (Å²) < 4.78 is 0. The van der Waals surface area contributed by atoms with Crippen LogP contribution in [0.4, 0.5) is 5.82 Å². The molecule has 0 spiro atoms. The number of piperazine rings is 1. The lowest BCUT2D eigenvalue weighted by Crippen LogP contribution is -2.49. The molecule has 8 heteroatoms. The Bertz CT molecular complexity index is 1170. The summed E-state index contributed by atoms with van der Waals surface area (Å²) in [5.74, 6) is 2.05. The SMILES string of the molecule is CCCc1nc(N2CCN(C(=O)c3cccc(Cl)c3)CC2)c2c3c(sc2n1)CN(CC)CC3. The van der Waals surface area contributed by atoms with Crippen LogP contribution >= 0.6 is 22.9 Å². The molecule has 6 nitrogen and oxygen atoms in total. The van der Waals surface area contributed by atoms with Crippen LogP contribution in [0.25, 0.3) is 10.2 Å². The van der Waals surface area contributed by atoms with E-state index in [2.05, 4.69) is 23.6 Å². The number of carbonyl (C=O) groups is 1. The Hall–Kier alpha value is -2.22. The Morgan fingerprint density at radius 3 is 2.67 bits per heavy atom. The number of hydrogen-bond donors (Lipinski definition) is 0. The highest BCUT2D eigenvalue weighted by Gasteiger charge is 2.28. The second-order valence-corrected chi connectivity index (χ2v) is 10.3. The van der Waals surface area contributed by atoms with Crippen molar-refractivity contribution in [2.24, 2.45) is 0 Å². The topological polar surface area (TPSA) is 52.6 Å². The number of anilines is 1. The monoisotopic (exact) mass is 483 g/mol. The average Bonchev–Trinajstić information content (AvgIpc) is 3.21. The van der Waals surface area contributed by atoms with Crippen molar-refractivity contribution in [2.45, 2.75) is 39.7 Å².